The van der Waals surface area contributed by atoms with Gasteiger partial charge in [-0.05, 0) is 132 Å². The molecule has 0 amide bonds. The Morgan fingerprint density at radius 2 is 0.988 bits per heavy atom. The summed E-state index contributed by atoms with van der Waals surface area (Å²) in [5, 5.41) is 6.75. The maximum Gasteiger partial charge on any atom is 0.227 e. The number of nitrogens with zero attached hydrogens (tertiary/aromatic N) is 12. The molecule has 0 saturated carbocycles. The van der Waals surface area contributed by atoms with Gasteiger partial charge in [-0.1, -0.05) is 42.5 Å². The van der Waals surface area contributed by atoms with Crippen LogP contribution >= 0.6 is 0 Å². The molecule has 11 aromatic rings. The highest BCUT2D eigenvalue weighted by Crippen LogP contribution is 2.47. The summed E-state index contributed by atoms with van der Waals surface area (Å²) in [6.45, 7) is 17.2. The minimum atomic E-state index is 0.169. The highest BCUT2D eigenvalue weighted by molar-refractivity contribution is 6.11. The molecule has 0 unspecified atom stereocenters. The fourth-order valence-corrected chi connectivity index (χ4v) is 11.4. The Kier molecular flexibility index (Phi) is 13.5. The van der Waals surface area contributed by atoms with Gasteiger partial charge in [0.1, 0.15) is 35.8 Å². The van der Waals surface area contributed by atoms with Gasteiger partial charge < -0.3 is 52.5 Å². The summed E-state index contributed by atoms with van der Waals surface area (Å²) in [5.74, 6) is 0.980. The van der Waals surface area contributed by atoms with Crippen molar-refractivity contribution in [3.05, 3.63) is 194 Å². The molecule has 4 aromatic carbocycles. The van der Waals surface area contributed by atoms with Crippen molar-refractivity contribution >= 4 is 100 Å². The molecule has 0 saturated heterocycles. The van der Waals surface area contributed by atoms with Crippen LogP contribution in [0.15, 0.2) is 185 Å². The summed E-state index contributed by atoms with van der Waals surface area (Å²) in [5.41, 5.74) is 15.8. The summed E-state index contributed by atoms with van der Waals surface area (Å²) in [4.78, 5) is 35.1. The second-order valence-electron chi connectivity index (χ2n) is 21.5. The molecule has 15 nitrogen and oxygen atoms in total. The number of aromatic nitrogens is 4. The van der Waals surface area contributed by atoms with E-state index in [1.165, 1.54) is 33.6 Å². The van der Waals surface area contributed by atoms with Gasteiger partial charge in [-0.25, -0.2) is 9.97 Å². The molecule has 81 heavy (non-hydrogen) atoms. The normalized spacial score (nSPS) is 18.3. The number of rotatable bonds is 4. The third kappa shape index (κ3) is 9.12. The predicted octanol–water partition coefficient (Wildman–Crippen LogP) is 14.9. The van der Waals surface area contributed by atoms with E-state index >= 15 is 0 Å². The van der Waals surface area contributed by atoms with Crippen LogP contribution in [-0.4, -0.2) is 87.5 Å². The first-order valence-corrected chi connectivity index (χ1v) is 27.6. The van der Waals surface area contributed by atoms with E-state index in [1.807, 2.05) is 55.1 Å². The lowest BCUT2D eigenvalue weighted by Gasteiger charge is -2.28. The van der Waals surface area contributed by atoms with Crippen molar-refractivity contribution in [1.29, 1.82) is 0 Å². The van der Waals surface area contributed by atoms with Crippen molar-refractivity contribution in [2.75, 3.05) is 52.7 Å². The zero-order valence-electron chi connectivity index (χ0n) is 48.1. The second-order valence-corrected chi connectivity index (χ2v) is 21.5. The van der Waals surface area contributed by atoms with Crippen molar-refractivity contribution in [2.24, 2.45) is 0 Å². The Bertz CT molecular complexity index is 4240. The number of pyridine rings is 4. The third-order valence-corrected chi connectivity index (χ3v) is 16.6. The highest BCUT2D eigenvalue weighted by Gasteiger charge is 2.35. The molecule has 0 radical (unpaired) electrons. The summed E-state index contributed by atoms with van der Waals surface area (Å²) in [6, 6.07) is 33.3. The lowest BCUT2D eigenvalue weighted by Crippen LogP contribution is -2.36. The lowest BCUT2D eigenvalue weighted by atomic mass is 10.1. The first-order chi connectivity index (χ1) is 39.2. The van der Waals surface area contributed by atoms with E-state index in [0.29, 0.717) is 18.0 Å². The smallest absolute Gasteiger partial charge is 0.227 e. The van der Waals surface area contributed by atoms with Crippen LogP contribution in [0.3, 0.4) is 0 Å². The monoisotopic (exact) mass is 1080 g/mol. The molecule has 15 rings (SSSR count). The Hall–Kier alpha value is -9.50. The van der Waals surface area contributed by atoms with Gasteiger partial charge in [-0.15, -0.1) is 0 Å². The highest BCUT2D eigenvalue weighted by atomic mass is 16.3. The molecular weight excluding hydrogens is 1010 g/mol. The number of anilines is 6. The van der Waals surface area contributed by atoms with Gasteiger partial charge in [-0.2, -0.15) is 0 Å². The van der Waals surface area contributed by atoms with Crippen LogP contribution in [0.1, 0.15) is 49.9 Å². The SMILES string of the molecule is Cc1cc2oc3cnccc3c2cc1N1C=CN(C)[C@@H]1C.Cc1ccc2c(oc3ccccc32)c1N1c2ncccc2N(C)[C@@H]1C.Cc1ccc2c(oc3ncccc32)c1N1C=CN(C)[C@@H]1C.Cc1cnccc1N1C=CN(C)[C@@H]1C. The molecule has 410 valence electrons. The minimum Gasteiger partial charge on any atom is -0.454 e. The standard InChI is InChI=1S/C21H19N3O.2C17H17N3O.C11H15N3/c1-13-10-11-16-15-7-4-5-9-18(15)25-20(16)19(13)24-14(2)23(3)17-8-6-12-22-21(17)24;1-11-8-16-14(13-4-5-18-10-17(13)21-16)9-15(11)20-7-6-19(3)12(20)2;1-11-6-7-13-14-5-4-8-18-17(14)21-16(13)15(11)20-10-9-19(3)12(20)2;1-9-8-12-5-4-11(9)14-7-6-13(3)10(14)2/h4-12,14H,1-3H3;2*4-10,12H,1-3H3;4-8,10H,1-3H3/t14-;2*12-;10-/m0000/s1. The van der Waals surface area contributed by atoms with Crippen molar-refractivity contribution < 1.29 is 13.3 Å². The van der Waals surface area contributed by atoms with E-state index in [4.69, 9.17) is 13.3 Å². The van der Waals surface area contributed by atoms with Gasteiger partial charge in [0.25, 0.3) is 0 Å². The van der Waals surface area contributed by atoms with Crippen LogP contribution < -0.4 is 24.5 Å². The molecule has 0 bridgehead atoms. The Morgan fingerprint density at radius 1 is 0.395 bits per heavy atom. The Morgan fingerprint density at radius 3 is 1.69 bits per heavy atom. The van der Waals surface area contributed by atoms with Crippen LogP contribution in [-0.2, 0) is 0 Å². The maximum absolute atomic E-state index is 6.29. The van der Waals surface area contributed by atoms with E-state index < -0.39 is 0 Å². The molecule has 4 aliphatic heterocycles. The summed E-state index contributed by atoms with van der Waals surface area (Å²) >= 11 is 0. The minimum absolute atomic E-state index is 0.169. The molecule has 11 heterocycles. The fraction of sp³-hybridized carbons (Fsp3) is 0.242. The number of hydrogen-bond donors (Lipinski definition) is 0. The van der Waals surface area contributed by atoms with Crippen LogP contribution in [0.4, 0.5) is 34.3 Å². The molecule has 4 atom stereocenters. The third-order valence-electron chi connectivity index (χ3n) is 16.6. The summed E-state index contributed by atoms with van der Waals surface area (Å²) in [6.07, 6.45) is 24.7. The topological polar surface area (TPSA) is 117 Å². The zero-order valence-corrected chi connectivity index (χ0v) is 48.1. The lowest BCUT2D eigenvalue weighted by molar-refractivity contribution is 0.383. The zero-order chi connectivity index (χ0) is 56.4. The van der Waals surface area contributed by atoms with Gasteiger partial charge >= 0.3 is 0 Å². The number of aryl methyl sites for hydroxylation is 4. The predicted molar refractivity (Wildman–Crippen MR) is 331 cm³/mol. The number of para-hydroxylation sites is 1. The number of fused-ring (bicyclic) bond motifs is 10. The van der Waals surface area contributed by atoms with Crippen molar-refractivity contribution in [3.63, 3.8) is 0 Å². The Labute approximate surface area is 472 Å². The van der Waals surface area contributed by atoms with Crippen molar-refractivity contribution in [1.82, 2.24) is 34.6 Å². The van der Waals surface area contributed by atoms with Gasteiger partial charge in [0.05, 0.1) is 23.3 Å². The molecule has 0 N–H and O–H groups in total. The van der Waals surface area contributed by atoms with Crippen LogP contribution in [0, 0.1) is 27.7 Å². The van der Waals surface area contributed by atoms with E-state index in [2.05, 4.69) is 247 Å². The van der Waals surface area contributed by atoms with Gasteiger partial charge in [0.2, 0.25) is 5.71 Å². The average Bonchev–Trinajstić information content (AvgIpc) is 4.50. The number of hydrogen-bond acceptors (Lipinski definition) is 15. The van der Waals surface area contributed by atoms with Crippen LogP contribution in [0.25, 0.3) is 65.9 Å². The summed E-state index contributed by atoms with van der Waals surface area (Å²) in [7, 11) is 8.36. The second kappa shape index (κ2) is 20.9. The average molecular weight is 1080 g/mol. The molecule has 15 heteroatoms. The van der Waals surface area contributed by atoms with E-state index in [-0.39, 0.29) is 12.3 Å². The molecule has 0 fully saturated rings. The fourth-order valence-electron chi connectivity index (χ4n) is 11.4. The molecule has 0 aliphatic carbocycles. The Balaban J connectivity index is 0.000000109. The maximum atomic E-state index is 6.29. The van der Waals surface area contributed by atoms with E-state index in [1.54, 1.807) is 12.4 Å². The quantitative estimate of drug-likeness (QED) is 0.166. The van der Waals surface area contributed by atoms with Gasteiger partial charge in [-0.3, -0.25) is 9.97 Å². The first kappa shape index (κ1) is 52.2. The van der Waals surface area contributed by atoms with E-state index in [0.717, 1.165) is 83.1 Å². The molecule has 4 aliphatic rings. The first-order valence-electron chi connectivity index (χ1n) is 27.6. The molecule has 0 spiro atoms. The molecular formula is C66H68N12O3. The van der Waals surface area contributed by atoms with Crippen LogP contribution in [0.2, 0.25) is 0 Å². The van der Waals surface area contributed by atoms with Crippen molar-refractivity contribution in [3.8, 4) is 0 Å². The number of furan rings is 3. The van der Waals surface area contributed by atoms with Gasteiger partial charge in [0, 0.05) is 140 Å². The molecule has 7 aromatic heterocycles. The summed E-state index contributed by atoms with van der Waals surface area (Å²) < 4.78 is 18.2. The number of benzene rings is 4. The largest absolute Gasteiger partial charge is 0.454 e. The van der Waals surface area contributed by atoms with E-state index in [9.17, 15) is 0 Å². The van der Waals surface area contributed by atoms with Gasteiger partial charge in [0.15, 0.2) is 22.6 Å². The van der Waals surface area contributed by atoms with Crippen LogP contribution in [0.5, 0.6) is 0 Å². The van der Waals surface area contributed by atoms with Crippen molar-refractivity contribution in [2.45, 2.75) is 80.1 Å².